The third-order valence-electron chi connectivity index (χ3n) is 6.68. The van der Waals surface area contributed by atoms with Crippen molar-refractivity contribution in [2.75, 3.05) is 32.0 Å². The van der Waals surface area contributed by atoms with Crippen LogP contribution in [-0.4, -0.2) is 45.9 Å². The molecular weight excluding hydrogens is 528 g/mol. The van der Waals surface area contributed by atoms with Crippen LogP contribution in [0.25, 0.3) is 0 Å². The van der Waals surface area contributed by atoms with E-state index in [-0.39, 0.29) is 28.8 Å². The van der Waals surface area contributed by atoms with E-state index < -0.39 is 16.1 Å². The summed E-state index contributed by atoms with van der Waals surface area (Å²) in [5.41, 5.74) is 2.73. The van der Waals surface area contributed by atoms with Crippen molar-refractivity contribution in [3.05, 3.63) is 114 Å². The highest BCUT2D eigenvalue weighted by molar-refractivity contribution is 7.92. The van der Waals surface area contributed by atoms with E-state index in [0.29, 0.717) is 12.1 Å². The molecule has 0 aromatic heterocycles. The first-order valence-electron chi connectivity index (χ1n) is 12.9. The molecule has 4 aromatic rings. The monoisotopic (exact) mass is 562 g/mol. The minimum absolute atomic E-state index is 0.0833. The van der Waals surface area contributed by atoms with Crippen molar-refractivity contribution in [1.29, 1.82) is 0 Å². The van der Waals surface area contributed by atoms with E-state index >= 15 is 0 Å². The summed E-state index contributed by atoms with van der Waals surface area (Å²) in [6.45, 7) is 0.770. The van der Waals surface area contributed by atoms with Gasteiger partial charge in [0.2, 0.25) is 0 Å². The number of phenolic OH excluding ortho intramolecular Hbond substituents is 1. The zero-order chi connectivity index (χ0) is 28.5. The van der Waals surface area contributed by atoms with E-state index in [0.717, 1.165) is 29.0 Å². The molecule has 0 heterocycles. The number of hydrogen-bond acceptors (Lipinski definition) is 7. The molecule has 0 aliphatic heterocycles. The third kappa shape index (κ3) is 7.32. The number of aromatic hydroxyl groups is 1. The molecule has 8 nitrogen and oxygen atoms in total. The second kappa shape index (κ2) is 13.3. The van der Waals surface area contributed by atoms with Crippen LogP contribution in [0, 0.1) is 0 Å². The molecule has 40 heavy (non-hydrogen) atoms. The lowest BCUT2D eigenvalue weighted by Gasteiger charge is -2.21. The maximum Gasteiger partial charge on any atom is 0.261 e. The lowest BCUT2D eigenvalue weighted by Crippen LogP contribution is -2.25. The van der Waals surface area contributed by atoms with Crippen molar-refractivity contribution in [2.24, 2.45) is 0 Å². The Labute approximate surface area is 235 Å². The number of anilines is 1. The Bertz CT molecular complexity index is 1430. The van der Waals surface area contributed by atoms with Crippen LogP contribution >= 0.6 is 0 Å². The Hall–Kier alpha value is -4.05. The summed E-state index contributed by atoms with van der Waals surface area (Å²) in [4.78, 5) is 0.0833. The van der Waals surface area contributed by atoms with Gasteiger partial charge in [-0.3, -0.25) is 4.72 Å². The molecule has 0 amide bonds. The Balaban J connectivity index is 1.44. The van der Waals surface area contributed by atoms with E-state index in [2.05, 4.69) is 10.0 Å². The van der Waals surface area contributed by atoms with E-state index in [1.807, 2.05) is 48.5 Å². The number of rotatable bonds is 13. The number of ether oxygens (including phenoxy) is 2. The molecule has 1 atom stereocenters. The molecule has 4 N–H and O–H groups in total. The molecule has 0 aliphatic rings. The smallest absolute Gasteiger partial charge is 0.261 e. The van der Waals surface area contributed by atoms with Crippen molar-refractivity contribution in [3.8, 4) is 17.2 Å². The van der Waals surface area contributed by atoms with Crippen molar-refractivity contribution < 1.29 is 28.1 Å². The predicted octanol–water partition coefficient (Wildman–Crippen LogP) is 5.06. The van der Waals surface area contributed by atoms with Gasteiger partial charge in [0.25, 0.3) is 10.0 Å². The fourth-order valence-corrected chi connectivity index (χ4v) is 5.62. The number of benzene rings is 4. The molecule has 4 rings (SSSR count). The maximum atomic E-state index is 12.9. The summed E-state index contributed by atoms with van der Waals surface area (Å²) < 4.78 is 38.9. The van der Waals surface area contributed by atoms with Gasteiger partial charge in [-0.15, -0.1) is 0 Å². The first-order chi connectivity index (χ1) is 19.3. The number of aliphatic hydroxyl groups excluding tert-OH is 1. The molecule has 0 saturated carbocycles. The lowest BCUT2D eigenvalue weighted by molar-refractivity contribution is 0.175. The van der Waals surface area contributed by atoms with E-state index in [1.165, 1.54) is 30.3 Å². The topological polar surface area (TPSA) is 117 Å². The van der Waals surface area contributed by atoms with E-state index in [1.54, 1.807) is 32.4 Å². The Morgan fingerprint density at radius 3 is 1.93 bits per heavy atom. The van der Waals surface area contributed by atoms with Gasteiger partial charge in [-0.25, -0.2) is 8.42 Å². The van der Waals surface area contributed by atoms with Gasteiger partial charge in [-0.2, -0.15) is 0 Å². The molecule has 0 saturated heterocycles. The van der Waals surface area contributed by atoms with Gasteiger partial charge >= 0.3 is 0 Å². The fraction of sp³-hybridized carbons (Fsp3) is 0.226. The van der Waals surface area contributed by atoms with Crippen LogP contribution in [0.5, 0.6) is 17.2 Å². The summed E-state index contributed by atoms with van der Waals surface area (Å²) in [6.07, 6.45) is -0.274. The largest absolute Gasteiger partial charge is 0.508 e. The minimum Gasteiger partial charge on any atom is -0.508 e. The second-order valence-corrected chi connectivity index (χ2v) is 11.0. The second-order valence-electron chi connectivity index (χ2n) is 9.30. The number of phenols is 1. The maximum absolute atomic E-state index is 12.9. The van der Waals surface area contributed by atoms with Gasteiger partial charge in [-0.1, -0.05) is 48.5 Å². The first-order valence-corrected chi connectivity index (χ1v) is 14.4. The SMILES string of the molecule is COc1ccc(C(CCNCC(O)c2ccc(O)cc2NS(=O)(=O)c2ccccc2)c2ccc(OC)cc2)cc1. The summed E-state index contributed by atoms with van der Waals surface area (Å²) in [5, 5.41) is 24.3. The van der Waals surface area contributed by atoms with Crippen LogP contribution in [0.4, 0.5) is 5.69 Å². The normalized spacial score (nSPS) is 12.2. The molecule has 0 fully saturated rings. The molecule has 0 aliphatic carbocycles. The number of hydrogen-bond donors (Lipinski definition) is 4. The lowest BCUT2D eigenvalue weighted by atomic mass is 9.88. The molecule has 9 heteroatoms. The first kappa shape index (κ1) is 28.9. The molecule has 0 spiro atoms. The average Bonchev–Trinajstić information content (AvgIpc) is 2.97. The summed E-state index contributed by atoms with van der Waals surface area (Å²) >= 11 is 0. The van der Waals surface area contributed by atoms with Crippen LogP contribution in [0.3, 0.4) is 0 Å². The zero-order valence-corrected chi connectivity index (χ0v) is 23.3. The van der Waals surface area contributed by atoms with Gasteiger partial charge in [-0.05, 0) is 66.6 Å². The van der Waals surface area contributed by atoms with Gasteiger partial charge in [0, 0.05) is 24.1 Å². The van der Waals surface area contributed by atoms with Crippen LogP contribution in [-0.2, 0) is 10.0 Å². The molecule has 0 bridgehead atoms. The van der Waals surface area contributed by atoms with Crippen LogP contribution in [0.2, 0.25) is 0 Å². The summed E-state index contributed by atoms with van der Waals surface area (Å²) in [5.74, 6) is 1.54. The Kier molecular flexibility index (Phi) is 9.65. The van der Waals surface area contributed by atoms with Crippen molar-refractivity contribution >= 4 is 15.7 Å². The summed E-state index contributed by atoms with van der Waals surface area (Å²) in [7, 11) is -0.632. The average molecular weight is 563 g/mol. The van der Waals surface area contributed by atoms with Crippen LogP contribution in [0.1, 0.15) is 35.1 Å². The highest BCUT2D eigenvalue weighted by Gasteiger charge is 2.20. The molecule has 210 valence electrons. The molecule has 0 radical (unpaired) electrons. The molecule has 4 aromatic carbocycles. The van der Waals surface area contributed by atoms with Gasteiger partial charge in [0.1, 0.15) is 17.2 Å². The number of sulfonamides is 1. The summed E-state index contributed by atoms with van der Waals surface area (Å²) in [6, 6.07) is 28.1. The molecule has 1 unspecified atom stereocenters. The predicted molar refractivity (Wildman–Crippen MR) is 156 cm³/mol. The quantitative estimate of drug-likeness (QED) is 0.168. The molecular formula is C31H34N2O6S. The van der Waals surface area contributed by atoms with Gasteiger partial charge in [0.05, 0.1) is 30.9 Å². The number of methoxy groups -OCH3 is 2. The van der Waals surface area contributed by atoms with Crippen molar-refractivity contribution in [3.63, 3.8) is 0 Å². The minimum atomic E-state index is -3.90. The van der Waals surface area contributed by atoms with Crippen molar-refractivity contribution in [1.82, 2.24) is 5.32 Å². The Morgan fingerprint density at radius 2 is 1.38 bits per heavy atom. The van der Waals surface area contributed by atoms with Gasteiger partial charge < -0.3 is 25.0 Å². The van der Waals surface area contributed by atoms with Crippen LogP contribution in [0.15, 0.2) is 102 Å². The highest BCUT2D eigenvalue weighted by atomic mass is 32.2. The fourth-order valence-electron chi connectivity index (χ4n) is 4.52. The zero-order valence-electron chi connectivity index (χ0n) is 22.4. The Morgan fingerprint density at radius 1 is 0.800 bits per heavy atom. The van der Waals surface area contributed by atoms with Gasteiger partial charge in [0.15, 0.2) is 0 Å². The van der Waals surface area contributed by atoms with E-state index in [4.69, 9.17) is 9.47 Å². The highest BCUT2D eigenvalue weighted by Crippen LogP contribution is 2.31. The van der Waals surface area contributed by atoms with E-state index in [9.17, 15) is 18.6 Å². The van der Waals surface area contributed by atoms with Crippen molar-refractivity contribution in [2.45, 2.75) is 23.3 Å². The standard InChI is InChI=1S/C31H34N2O6S/c1-38-25-13-8-22(9-14-25)28(23-10-15-26(39-2)16-11-23)18-19-32-21-31(35)29-17-12-24(34)20-30(29)33-40(36,37)27-6-4-3-5-7-27/h3-17,20,28,31-35H,18-19,21H2,1-2H3. The number of aliphatic hydroxyl groups is 1. The third-order valence-corrected chi connectivity index (χ3v) is 8.06. The number of nitrogens with one attached hydrogen (secondary N) is 2. The van der Waals surface area contributed by atoms with Crippen LogP contribution < -0.4 is 19.5 Å².